The molecule has 1 aromatic heterocycles. The molecule has 0 spiro atoms. The average Bonchev–Trinajstić information content (AvgIpc) is 2.79. The van der Waals surface area contributed by atoms with Gasteiger partial charge in [-0.2, -0.15) is 4.31 Å². The summed E-state index contributed by atoms with van der Waals surface area (Å²) in [7, 11) is -3.75. The molecule has 0 saturated carbocycles. The van der Waals surface area contributed by atoms with Crippen molar-refractivity contribution < 1.29 is 13.2 Å². The summed E-state index contributed by atoms with van der Waals surface area (Å²) in [6, 6.07) is 10.6. The Bertz CT molecular complexity index is 1420. The monoisotopic (exact) mass is 492 g/mol. The normalized spacial score (nSPS) is 11.8. The van der Waals surface area contributed by atoms with Crippen LogP contribution in [0.5, 0.6) is 0 Å². The van der Waals surface area contributed by atoms with Crippen molar-refractivity contribution in [2.75, 3.05) is 18.4 Å². The predicted molar refractivity (Wildman–Crippen MR) is 128 cm³/mol. The van der Waals surface area contributed by atoms with Crippen molar-refractivity contribution in [2.24, 2.45) is 0 Å². The number of rotatable bonds is 8. The molecule has 0 aliphatic rings. The van der Waals surface area contributed by atoms with Crippen LogP contribution < -0.4 is 16.6 Å². The van der Waals surface area contributed by atoms with E-state index in [4.69, 9.17) is 11.6 Å². The molecule has 176 valence electrons. The number of halogens is 1. The maximum absolute atomic E-state index is 12.9. The Morgan fingerprint density at radius 1 is 1.03 bits per heavy atom. The highest BCUT2D eigenvalue weighted by molar-refractivity contribution is 7.89. The highest BCUT2D eigenvalue weighted by Gasteiger charge is 2.23. The lowest BCUT2D eigenvalue weighted by Crippen LogP contribution is -2.41. The molecule has 1 amide bonds. The van der Waals surface area contributed by atoms with E-state index in [0.717, 1.165) is 4.57 Å². The van der Waals surface area contributed by atoms with Crippen LogP contribution in [-0.4, -0.2) is 40.9 Å². The number of anilines is 1. The molecule has 3 aromatic rings. The van der Waals surface area contributed by atoms with Crippen molar-refractivity contribution in [2.45, 2.75) is 38.8 Å². The third-order valence-corrected chi connectivity index (χ3v) is 7.68. The lowest BCUT2D eigenvalue weighted by Gasteiger charge is -2.19. The number of fused-ring (bicyclic) bond motifs is 1. The Morgan fingerprint density at radius 2 is 1.70 bits per heavy atom. The number of carbonyl (C=O) groups excluding carboxylic acids is 1. The van der Waals surface area contributed by atoms with Gasteiger partial charge in [-0.25, -0.2) is 13.2 Å². The smallest absolute Gasteiger partial charge is 0.323 e. The molecule has 0 aliphatic carbocycles. The van der Waals surface area contributed by atoms with Gasteiger partial charge in [0.25, 0.3) is 5.56 Å². The van der Waals surface area contributed by atoms with E-state index >= 15 is 0 Å². The summed E-state index contributed by atoms with van der Waals surface area (Å²) >= 11 is 6.20. The minimum absolute atomic E-state index is 0.00644. The van der Waals surface area contributed by atoms with Gasteiger partial charge in [-0.3, -0.25) is 18.7 Å². The van der Waals surface area contributed by atoms with Crippen LogP contribution in [0.4, 0.5) is 5.69 Å². The first-order chi connectivity index (χ1) is 15.6. The zero-order valence-electron chi connectivity index (χ0n) is 18.5. The zero-order valence-corrected chi connectivity index (χ0v) is 20.1. The van der Waals surface area contributed by atoms with Gasteiger partial charge >= 0.3 is 5.69 Å². The summed E-state index contributed by atoms with van der Waals surface area (Å²) < 4.78 is 29.2. The topological polar surface area (TPSA) is 110 Å². The Kier molecular flexibility index (Phi) is 7.41. The first-order valence-corrected chi connectivity index (χ1v) is 12.3. The fourth-order valence-electron chi connectivity index (χ4n) is 3.61. The van der Waals surface area contributed by atoms with E-state index < -0.39 is 27.2 Å². The second-order valence-electron chi connectivity index (χ2n) is 7.21. The third-order valence-electron chi connectivity index (χ3n) is 5.31. The van der Waals surface area contributed by atoms with E-state index in [1.54, 1.807) is 45.0 Å². The van der Waals surface area contributed by atoms with Crippen molar-refractivity contribution in [3.63, 3.8) is 0 Å². The highest BCUT2D eigenvalue weighted by atomic mass is 35.5. The van der Waals surface area contributed by atoms with Crippen molar-refractivity contribution >= 4 is 44.1 Å². The maximum atomic E-state index is 12.9. The second-order valence-corrected chi connectivity index (χ2v) is 9.56. The minimum atomic E-state index is -3.75. The van der Waals surface area contributed by atoms with Gasteiger partial charge in [0.05, 0.1) is 26.5 Å². The molecular weight excluding hydrogens is 468 g/mol. The van der Waals surface area contributed by atoms with Crippen molar-refractivity contribution in [3.8, 4) is 0 Å². The van der Waals surface area contributed by atoms with Crippen LogP contribution in [0, 0.1) is 0 Å². The molecule has 2 aromatic carbocycles. The number of amides is 1. The SMILES string of the molecule is CCN(CC)S(=O)(=O)c1ccc(Cl)c(NC(=O)Cn2c(=O)n(CC)c(=O)c3ccccc32)c1. The molecule has 0 saturated heterocycles. The summed E-state index contributed by atoms with van der Waals surface area (Å²) in [5.74, 6) is -0.595. The number of nitrogens with zero attached hydrogens (tertiary/aromatic N) is 3. The summed E-state index contributed by atoms with van der Waals surface area (Å²) in [6.45, 7) is 5.50. The summed E-state index contributed by atoms with van der Waals surface area (Å²) in [4.78, 5) is 38.3. The van der Waals surface area contributed by atoms with Gasteiger partial charge in [0.15, 0.2) is 0 Å². The number of carbonyl (C=O) groups is 1. The number of nitrogens with one attached hydrogen (secondary N) is 1. The molecule has 0 aliphatic heterocycles. The van der Waals surface area contributed by atoms with Gasteiger partial charge in [-0.1, -0.05) is 37.6 Å². The Balaban J connectivity index is 1.98. The van der Waals surface area contributed by atoms with Gasteiger partial charge in [0, 0.05) is 19.6 Å². The first-order valence-electron chi connectivity index (χ1n) is 10.5. The van der Waals surface area contributed by atoms with Crippen LogP contribution in [0.25, 0.3) is 10.9 Å². The molecule has 1 N–H and O–H groups in total. The zero-order chi connectivity index (χ0) is 24.3. The molecule has 11 heteroatoms. The number of sulfonamides is 1. The fraction of sp³-hybridized carbons (Fsp3) is 0.318. The number of aromatic nitrogens is 2. The predicted octanol–water partition coefficient (Wildman–Crippen LogP) is 2.51. The largest absolute Gasteiger partial charge is 0.331 e. The Morgan fingerprint density at radius 3 is 2.33 bits per heavy atom. The van der Waals surface area contributed by atoms with Crippen molar-refractivity contribution in [3.05, 3.63) is 68.3 Å². The van der Waals surface area contributed by atoms with E-state index in [0.29, 0.717) is 24.0 Å². The Hall–Kier alpha value is -2.95. The van der Waals surface area contributed by atoms with Crippen LogP contribution in [0.15, 0.2) is 56.9 Å². The molecule has 0 fully saturated rings. The van der Waals surface area contributed by atoms with Crippen LogP contribution in [-0.2, 0) is 27.9 Å². The second kappa shape index (κ2) is 9.90. The van der Waals surface area contributed by atoms with Crippen molar-refractivity contribution in [1.29, 1.82) is 0 Å². The summed E-state index contributed by atoms with van der Waals surface area (Å²) in [5.41, 5.74) is -0.597. The first kappa shape index (κ1) is 24.7. The van der Waals surface area contributed by atoms with Crippen molar-refractivity contribution in [1.82, 2.24) is 13.4 Å². The van der Waals surface area contributed by atoms with Gasteiger partial charge in [-0.05, 0) is 37.3 Å². The lowest BCUT2D eigenvalue weighted by atomic mass is 10.2. The van der Waals surface area contributed by atoms with E-state index in [1.807, 2.05) is 0 Å². The summed E-state index contributed by atoms with van der Waals surface area (Å²) in [5, 5.41) is 3.06. The standard InChI is InChI=1S/C22H25ClN4O5S/c1-4-25(5-2)33(31,32)15-11-12-17(23)18(13-15)24-20(28)14-27-19-10-8-7-9-16(19)21(29)26(6-3)22(27)30/h7-13H,4-6,14H2,1-3H3,(H,24,28). The molecule has 1 heterocycles. The molecule has 9 nitrogen and oxygen atoms in total. The fourth-order valence-corrected chi connectivity index (χ4v) is 5.26. The van der Waals surface area contributed by atoms with E-state index in [2.05, 4.69) is 5.32 Å². The van der Waals surface area contributed by atoms with Crippen LogP contribution >= 0.6 is 11.6 Å². The molecule has 0 unspecified atom stereocenters. The lowest BCUT2D eigenvalue weighted by molar-refractivity contribution is -0.116. The van der Waals surface area contributed by atoms with Gasteiger partial charge in [0.2, 0.25) is 15.9 Å². The number of hydrogen-bond donors (Lipinski definition) is 1. The molecular formula is C22H25ClN4O5S. The van der Waals surface area contributed by atoms with Crippen LogP contribution in [0.2, 0.25) is 5.02 Å². The van der Waals surface area contributed by atoms with Gasteiger partial charge in [0.1, 0.15) is 6.54 Å². The Labute approximate surface area is 196 Å². The van der Waals surface area contributed by atoms with E-state index in [1.165, 1.54) is 27.1 Å². The van der Waals surface area contributed by atoms with Crippen LogP contribution in [0.3, 0.4) is 0 Å². The quantitative estimate of drug-likeness (QED) is 0.519. The number of benzene rings is 2. The van der Waals surface area contributed by atoms with E-state index in [9.17, 15) is 22.8 Å². The molecule has 3 rings (SSSR count). The molecule has 33 heavy (non-hydrogen) atoms. The molecule has 0 atom stereocenters. The minimum Gasteiger partial charge on any atom is -0.323 e. The van der Waals surface area contributed by atoms with Gasteiger partial charge < -0.3 is 5.32 Å². The molecule has 0 bridgehead atoms. The molecule has 0 radical (unpaired) electrons. The highest BCUT2D eigenvalue weighted by Crippen LogP contribution is 2.27. The van der Waals surface area contributed by atoms with Gasteiger partial charge in [-0.15, -0.1) is 0 Å². The van der Waals surface area contributed by atoms with Crippen LogP contribution in [0.1, 0.15) is 20.8 Å². The number of hydrogen-bond acceptors (Lipinski definition) is 5. The summed E-state index contributed by atoms with van der Waals surface area (Å²) in [6.07, 6.45) is 0. The average molecular weight is 493 g/mol. The number of para-hydroxylation sites is 1. The third kappa shape index (κ3) is 4.73. The van der Waals surface area contributed by atoms with E-state index in [-0.39, 0.29) is 28.7 Å². The maximum Gasteiger partial charge on any atom is 0.331 e.